The van der Waals surface area contributed by atoms with Crippen molar-refractivity contribution < 1.29 is 4.42 Å². The Hall–Kier alpha value is -1.71. The first-order chi connectivity index (χ1) is 9.31. The van der Waals surface area contributed by atoms with Crippen molar-refractivity contribution in [3.63, 3.8) is 0 Å². The van der Waals surface area contributed by atoms with E-state index in [2.05, 4.69) is 9.88 Å². The molecule has 0 spiro atoms. The monoisotopic (exact) mass is 257 g/mol. The van der Waals surface area contributed by atoms with Crippen molar-refractivity contribution in [3.8, 4) is 0 Å². The maximum absolute atomic E-state index is 5.92. The Morgan fingerprint density at radius 3 is 3.05 bits per heavy atom. The van der Waals surface area contributed by atoms with Crippen LogP contribution in [0.3, 0.4) is 0 Å². The van der Waals surface area contributed by atoms with E-state index in [1.54, 1.807) is 0 Å². The van der Waals surface area contributed by atoms with E-state index in [1.165, 1.54) is 32.1 Å². The lowest BCUT2D eigenvalue weighted by atomic mass is 9.85. The van der Waals surface area contributed by atoms with Crippen LogP contribution < -0.4 is 10.6 Å². The molecule has 2 aliphatic rings. The molecule has 4 heteroatoms. The minimum Gasteiger partial charge on any atom is -0.423 e. The van der Waals surface area contributed by atoms with Gasteiger partial charge in [-0.3, -0.25) is 0 Å². The molecule has 1 saturated carbocycles. The first-order valence-electron chi connectivity index (χ1n) is 7.24. The zero-order chi connectivity index (χ0) is 12.8. The molecule has 1 aliphatic heterocycles. The predicted molar refractivity (Wildman–Crippen MR) is 76.1 cm³/mol. The molecule has 1 aromatic carbocycles. The van der Waals surface area contributed by atoms with Crippen LogP contribution >= 0.6 is 0 Å². The van der Waals surface area contributed by atoms with Crippen LogP contribution in [0.25, 0.3) is 11.1 Å². The number of fused-ring (bicyclic) bond motifs is 2. The number of rotatable bonds is 1. The van der Waals surface area contributed by atoms with E-state index >= 15 is 0 Å². The van der Waals surface area contributed by atoms with Crippen LogP contribution in [0.15, 0.2) is 22.6 Å². The fourth-order valence-corrected chi connectivity index (χ4v) is 3.70. The molecule has 1 aromatic heterocycles. The molecule has 2 aromatic rings. The van der Waals surface area contributed by atoms with Crippen LogP contribution in [-0.4, -0.2) is 17.6 Å². The number of hydrogen-bond donors (Lipinski definition) is 1. The Kier molecular flexibility index (Phi) is 2.43. The van der Waals surface area contributed by atoms with Crippen molar-refractivity contribution in [2.75, 3.05) is 17.2 Å². The van der Waals surface area contributed by atoms with E-state index in [9.17, 15) is 0 Å². The molecule has 2 atom stereocenters. The molecule has 2 N–H and O–H groups in total. The minimum absolute atomic E-state index is 0.638. The summed E-state index contributed by atoms with van der Waals surface area (Å²) in [4.78, 5) is 7.00. The van der Waals surface area contributed by atoms with Gasteiger partial charge in [0.2, 0.25) is 0 Å². The predicted octanol–water partition coefficient (Wildman–Crippen LogP) is 3.18. The zero-order valence-electron chi connectivity index (χ0n) is 11.0. The van der Waals surface area contributed by atoms with Gasteiger partial charge in [0.05, 0.1) is 0 Å². The average molecular weight is 257 g/mol. The lowest BCUT2D eigenvalue weighted by Crippen LogP contribution is -2.34. The van der Waals surface area contributed by atoms with Gasteiger partial charge in [-0.05, 0) is 43.4 Å². The topological polar surface area (TPSA) is 55.3 Å². The highest BCUT2D eigenvalue weighted by Gasteiger charge is 2.37. The molecular formula is C15H19N3O. The number of anilines is 2. The third kappa shape index (κ3) is 1.78. The van der Waals surface area contributed by atoms with E-state index in [-0.39, 0.29) is 0 Å². The van der Waals surface area contributed by atoms with Gasteiger partial charge in [0.25, 0.3) is 6.01 Å². The Labute approximate surface area is 112 Å². The van der Waals surface area contributed by atoms with Crippen molar-refractivity contribution in [2.24, 2.45) is 5.92 Å². The summed E-state index contributed by atoms with van der Waals surface area (Å²) in [6, 6.07) is 7.09. The zero-order valence-corrected chi connectivity index (χ0v) is 11.0. The van der Waals surface area contributed by atoms with Gasteiger partial charge in [-0.15, -0.1) is 0 Å². The Morgan fingerprint density at radius 2 is 2.11 bits per heavy atom. The number of oxazole rings is 1. The summed E-state index contributed by atoms with van der Waals surface area (Å²) in [5.41, 5.74) is 8.24. The fraction of sp³-hybridized carbons (Fsp3) is 0.533. The van der Waals surface area contributed by atoms with Gasteiger partial charge >= 0.3 is 0 Å². The van der Waals surface area contributed by atoms with Crippen molar-refractivity contribution in [2.45, 2.75) is 38.1 Å². The van der Waals surface area contributed by atoms with E-state index < -0.39 is 0 Å². The Bertz CT molecular complexity index is 606. The molecule has 4 rings (SSSR count). The summed E-state index contributed by atoms with van der Waals surface area (Å²) in [7, 11) is 0. The molecule has 1 aliphatic carbocycles. The third-order valence-corrected chi connectivity index (χ3v) is 4.66. The quantitative estimate of drug-likeness (QED) is 0.797. The molecule has 0 bridgehead atoms. The van der Waals surface area contributed by atoms with Gasteiger partial charge in [-0.25, -0.2) is 0 Å². The molecule has 19 heavy (non-hydrogen) atoms. The smallest absolute Gasteiger partial charge is 0.298 e. The van der Waals surface area contributed by atoms with Gasteiger partial charge in [0.15, 0.2) is 5.58 Å². The van der Waals surface area contributed by atoms with Gasteiger partial charge in [-0.2, -0.15) is 4.98 Å². The van der Waals surface area contributed by atoms with E-state index in [0.29, 0.717) is 6.04 Å². The minimum atomic E-state index is 0.638. The maximum atomic E-state index is 5.92. The van der Waals surface area contributed by atoms with Crippen LogP contribution in [0.5, 0.6) is 0 Å². The first-order valence-corrected chi connectivity index (χ1v) is 7.24. The van der Waals surface area contributed by atoms with Crippen molar-refractivity contribution >= 4 is 22.8 Å². The highest BCUT2D eigenvalue weighted by Crippen LogP contribution is 2.39. The van der Waals surface area contributed by atoms with Crippen molar-refractivity contribution in [1.82, 2.24) is 4.98 Å². The molecule has 2 unspecified atom stereocenters. The molecule has 0 radical (unpaired) electrons. The van der Waals surface area contributed by atoms with Crippen LogP contribution in [-0.2, 0) is 0 Å². The number of nitrogens with two attached hydrogens (primary N) is 1. The number of hydrogen-bond acceptors (Lipinski definition) is 4. The molecule has 2 fully saturated rings. The van der Waals surface area contributed by atoms with Gasteiger partial charge in [-0.1, -0.05) is 12.8 Å². The van der Waals surface area contributed by atoms with Gasteiger partial charge in [0, 0.05) is 18.3 Å². The summed E-state index contributed by atoms with van der Waals surface area (Å²) in [5.74, 6) is 0.842. The van der Waals surface area contributed by atoms with Crippen LogP contribution in [0.4, 0.5) is 11.7 Å². The molecule has 0 amide bonds. The summed E-state index contributed by atoms with van der Waals surface area (Å²) in [6.07, 6.45) is 6.66. The standard InChI is InChI=1S/C15H19N3O/c16-11-5-6-14-12(9-11)17-15(19-14)18-8-7-10-3-1-2-4-13(10)18/h5-6,9-10,13H,1-4,7-8,16H2. The van der Waals surface area contributed by atoms with Crippen molar-refractivity contribution in [1.29, 1.82) is 0 Å². The fourth-order valence-electron chi connectivity index (χ4n) is 3.70. The van der Waals surface area contributed by atoms with E-state index in [0.717, 1.165) is 35.3 Å². The maximum Gasteiger partial charge on any atom is 0.298 e. The molecule has 1 saturated heterocycles. The second kappa shape index (κ2) is 4.15. The number of aromatic nitrogens is 1. The van der Waals surface area contributed by atoms with Crippen LogP contribution in [0.1, 0.15) is 32.1 Å². The largest absolute Gasteiger partial charge is 0.423 e. The van der Waals surface area contributed by atoms with E-state index in [4.69, 9.17) is 10.2 Å². The Balaban J connectivity index is 1.70. The van der Waals surface area contributed by atoms with Gasteiger partial charge < -0.3 is 15.1 Å². The van der Waals surface area contributed by atoms with E-state index in [1.807, 2.05) is 18.2 Å². The molecular weight excluding hydrogens is 238 g/mol. The lowest BCUT2D eigenvalue weighted by molar-refractivity contribution is 0.336. The average Bonchev–Trinajstić information content (AvgIpc) is 3.00. The highest BCUT2D eigenvalue weighted by atomic mass is 16.4. The number of nitrogen functional groups attached to an aromatic ring is 1. The number of nitrogens with zero attached hydrogens (tertiary/aromatic N) is 2. The second-order valence-corrected chi connectivity index (χ2v) is 5.82. The lowest BCUT2D eigenvalue weighted by Gasteiger charge is -2.30. The van der Waals surface area contributed by atoms with Crippen LogP contribution in [0, 0.1) is 5.92 Å². The summed E-state index contributed by atoms with van der Waals surface area (Å²) in [6.45, 7) is 1.08. The molecule has 100 valence electrons. The SMILES string of the molecule is Nc1ccc2oc(N3CCC4CCCCC43)nc2c1. The van der Waals surface area contributed by atoms with Crippen molar-refractivity contribution in [3.05, 3.63) is 18.2 Å². The Morgan fingerprint density at radius 1 is 1.21 bits per heavy atom. The highest BCUT2D eigenvalue weighted by molar-refractivity contribution is 5.78. The molecule has 2 heterocycles. The van der Waals surface area contributed by atoms with Crippen LogP contribution in [0.2, 0.25) is 0 Å². The second-order valence-electron chi connectivity index (χ2n) is 5.82. The summed E-state index contributed by atoms with van der Waals surface area (Å²) in [5, 5.41) is 0. The normalized spacial score (nSPS) is 26.8. The molecule has 4 nitrogen and oxygen atoms in total. The summed E-state index contributed by atoms with van der Waals surface area (Å²) >= 11 is 0. The van der Waals surface area contributed by atoms with Gasteiger partial charge in [0.1, 0.15) is 5.52 Å². The summed E-state index contributed by atoms with van der Waals surface area (Å²) < 4.78 is 5.92. The third-order valence-electron chi connectivity index (χ3n) is 4.66. The first kappa shape index (κ1) is 11.1. The number of benzene rings is 1.